The van der Waals surface area contributed by atoms with Crippen LogP contribution in [0.4, 0.5) is 5.13 Å². The Kier molecular flexibility index (Phi) is 5.75. The minimum atomic E-state index is -0.862. The van der Waals surface area contributed by atoms with Gasteiger partial charge in [0.15, 0.2) is 16.6 Å². The Morgan fingerprint density at radius 3 is 2.58 bits per heavy atom. The third kappa shape index (κ3) is 4.23. The molecule has 0 bridgehead atoms. The first kappa shape index (κ1) is 17.7. The Labute approximate surface area is 143 Å². The van der Waals surface area contributed by atoms with Gasteiger partial charge in [0.2, 0.25) is 0 Å². The highest BCUT2D eigenvalue weighted by atomic mass is 32.1. The van der Waals surface area contributed by atoms with Crippen molar-refractivity contribution in [3.05, 3.63) is 34.3 Å². The van der Waals surface area contributed by atoms with Crippen LogP contribution < -0.4 is 14.8 Å². The second-order valence-corrected chi connectivity index (χ2v) is 6.03. The molecule has 8 heteroatoms. The van der Waals surface area contributed by atoms with Gasteiger partial charge in [0.25, 0.3) is 5.91 Å². The third-order valence-corrected chi connectivity index (χ3v) is 4.46. The van der Waals surface area contributed by atoms with Crippen molar-refractivity contribution in [3.63, 3.8) is 0 Å². The van der Waals surface area contributed by atoms with Gasteiger partial charge in [0.05, 0.1) is 26.3 Å². The summed E-state index contributed by atoms with van der Waals surface area (Å²) < 4.78 is 10.3. The quantitative estimate of drug-likeness (QED) is 0.797. The molecule has 0 aliphatic heterocycles. The maximum absolute atomic E-state index is 12.3. The molecule has 2 aromatic rings. The lowest BCUT2D eigenvalue weighted by Gasteiger charge is -2.09. The second-order valence-electron chi connectivity index (χ2n) is 4.95. The van der Waals surface area contributed by atoms with Crippen LogP contribution in [-0.4, -0.2) is 36.2 Å². The highest BCUT2D eigenvalue weighted by Gasteiger charge is 2.14. The van der Waals surface area contributed by atoms with Crippen molar-refractivity contribution in [1.29, 1.82) is 0 Å². The van der Waals surface area contributed by atoms with Crippen molar-refractivity contribution >= 4 is 28.3 Å². The number of nitrogens with one attached hydrogen (secondary N) is 1. The van der Waals surface area contributed by atoms with Crippen LogP contribution in [0, 0.1) is 6.92 Å². The van der Waals surface area contributed by atoms with Gasteiger partial charge in [-0.25, -0.2) is 4.98 Å². The highest BCUT2D eigenvalue weighted by Crippen LogP contribution is 2.29. The molecule has 128 valence electrons. The lowest BCUT2D eigenvalue weighted by molar-refractivity contribution is -0.136. The first-order valence-electron chi connectivity index (χ1n) is 7.16. The van der Waals surface area contributed by atoms with Gasteiger partial charge in [0, 0.05) is 10.4 Å². The molecule has 0 radical (unpaired) electrons. The molecule has 7 nitrogen and oxygen atoms in total. The summed E-state index contributed by atoms with van der Waals surface area (Å²) in [4.78, 5) is 28.1. The van der Waals surface area contributed by atoms with Crippen LogP contribution in [0.2, 0.25) is 0 Å². The molecule has 0 saturated heterocycles. The number of amides is 1. The first-order valence-corrected chi connectivity index (χ1v) is 7.97. The van der Waals surface area contributed by atoms with E-state index in [0.717, 1.165) is 10.6 Å². The normalized spacial score (nSPS) is 10.3. The van der Waals surface area contributed by atoms with Crippen molar-refractivity contribution in [1.82, 2.24) is 4.98 Å². The molecular formula is C16H18N2O5S. The van der Waals surface area contributed by atoms with Crippen LogP contribution in [-0.2, 0) is 11.2 Å². The van der Waals surface area contributed by atoms with E-state index >= 15 is 0 Å². The Balaban J connectivity index is 2.12. The van der Waals surface area contributed by atoms with Crippen LogP contribution in [0.5, 0.6) is 11.5 Å². The molecule has 0 aliphatic carbocycles. The number of thiazole rings is 1. The zero-order valence-electron chi connectivity index (χ0n) is 13.6. The fourth-order valence-corrected chi connectivity index (χ4v) is 3.04. The van der Waals surface area contributed by atoms with Gasteiger partial charge in [-0.05, 0) is 31.5 Å². The van der Waals surface area contributed by atoms with Gasteiger partial charge in [0.1, 0.15) is 0 Å². The van der Waals surface area contributed by atoms with E-state index in [4.69, 9.17) is 14.6 Å². The molecule has 0 atom stereocenters. The molecule has 1 aromatic heterocycles. The molecule has 0 unspecified atom stereocenters. The summed E-state index contributed by atoms with van der Waals surface area (Å²) in [6.07, 6.45) is 0.428. The highest BCUT2D eigenvalue weighted by molar-refractivity contribution is 7.15. The molecule has 0 saturated carbocycles. The van der Waals surface area contributed by atoms with Gasteiger partial charge < -0.3 is 14.6 Å². The molecule has 1 heterocycles. The van der Waals surface area contributed by atoms with Gasteiger partial charge in [-0.2, -0.15) is 0 Å². The Morgan fingerprint density at radius 1 is 1.25 bits per heavy atom. The number of ether oxygens (including phenoxy) is 2. The predicted octanol–water partition coefficient (Wildman–Crippen LogP) is 2.74. The SMILES string of the molecule is COc1ccc(C(=O)Nc2nc(C)c(CCC(=O)O)s2)cc1OC. The topological polar surface area (TPSA) is 97.8 Å². The molecule has 0 fully saturated rings. The molecule has 2 N–H and O–H groups in total. The van der Waals surface area contributed by atoms with Gasteiger partial charge in [-0.3, -0.25) is 14.9 Å². The minimum absolute atomic E-state index is 0.0338. The zero-order chi connectivity index (χ0) is 17.7. The van der Waals surface area contributed by atoms with E-state index in [-0.39, 0.29) is 12.3 Å². The fourth-order valence-electron chi connectivity index (χ4n) is 2.08. The van der Waals surface area contributed by atoms with Crippen LogP contribution in [0.25, 0.3) is 0 Å². The van der Waals surface area contributed by atoms with Gasteiger partial charge in [-0.15, -0.1) is 11.3 Å². The monoisotopic (exact) mass is 350 g/mol. The summed E-state index contributed by atoms with van der Waals surface area (Å²) in [6.45, 7) is 1.79. The van der Waals surface area contributed by atoms with E-state index in [0.29, 0.717) is 28.6 Å². The number of methoxy groups -OCH3 is 2. The number of aryl methyl sites for hydroxylation is 2. The number of carbonyl (C=O) groups excluding carboxylic acids is 1. The third-order valence-electron chi connectivity index (χ3n) is 3.32. The summed E-state index contributed by atoms with van der Waals surface area (Å²) in [5.41, 5.74) is 1.14. The van der Waals surface area contributed by atoms with Crippen LogP contribution in [0.15, 0.2) is 18.2 Å². The largest absolute Gasteiger partial charge is 0.493 e. The minimum Gasteiger partial charge on any atom is -0.493 e. The van der Waals surface area contributed by atoms with Crippen LogP contribution in [0.3, 0.4) is 0 Å². The van der Waals surface area contributed by atoms with Crippen molar-refractivity contribution in [2.45, 2.75) is 19.8 Å². The van der Waals surface area contributed by atoms with E-state index in [1.54, 1.807) is 25.1 Å². The Hall–Kier alpha value is -2.61. The molecule has 2 rings (SSSR count). The number of rotatable bonds is 7. The van der Waals surface area contributed by atoms with Crippen molar-refractivity contribution in [2.75, 3.05) is 19.5 Å². The van der Waals surface area contributed by atoms with Crippen molar-refractivity contribution in [2.24, 2.45) is 0 Å². The number of nitrogens with zero attached hydrogens (tertiary/aromatic N) is 1. The van der Waals surface area contributed by atoms with Crippen molar-refractivity contribution in [3.8, 4) is 11.5 Å². The summed E-state index contributed by atoms with van der Waals surface area (Å²) in [6, 6.07) is 4.86. The first-order chi connectivity index (χ1) is 11.4. The lowest BCUT2D eigenvalue weighted by atomic mass is 10.2. The van der Waals surface area contributed by atoms with Crippen molar-refractivity contribution < 1.29 is 24.2 Å². The number of hydrogen-bond acceptors (Lipinski definition) is 6. The van der Waals surface area contributed by atoms with Gasteiger partial charge in [-0.1, -0.05) is 0 Å². The summed E-state index contributed by atoms with van der Waals surface area (Å²) >= 11 is 1.28. The predicted molar refractivity (Wildman–Crippen MR) is 90.3 cm³/mol. The smallest absolute Gasteiger partial charge is 0.303 e. The summed E-state index contributed by atoms with van der Waals surface area (Å²) in [5, 5.41) is 11.9. The second kappa shape index (κ2) is 7.78. The average Bonchev–Trinajstić information content (AvgIpc) is 2.91. The number of benzene rings is 1. The van der Waals surface area contributed by atoms with E-state index in [1.165, 1.54) is 25.6 Å². The number of aliphatic carboxylic acids is 1. The molecule has 1 aromatic carbocycles. The number of carboxylic acid groups (broad SMARTS) is 1. The number of carbonyl (C=O) groups is 2. The number of anilines is 1. The zero-order valence-corrected chi connectivity index (χ0v) is 14.4. The Morgan fingerprint density at radius 2 is 1.96 bits per heavy atom. The fraction of sp³-hybridized carbons (Fsp3) is 0.312. The van der Waals surface area contributed by atoms with E-state index < -0.39 is 5.97 Å². The standard InChI is InChI=1S/C16H18N2O5S/c1-9-13(6-7-14(19)20)24-16(17-9)18-15(21)10-4-5-11(22-2)12(8-10)23-3/h4-5,8H,6-7H2,1-3H3,(H,19,20)(H,17,18,21). The van der Waals surface area contributed by atoms with Crippen LogP contribution >= 0.6 is 11.3 Å². The molecule has 1 amide bonds. The molecular weight excluding hydrogens is 332 g/mol. The number of hydrogen-bond donors (Lipinski definition) is 2. The maximum Gasteiger partial charge on any atom is 0.303 e. The summed E-state index contributed by atoms with van der Waals surface area (Å²) in [7, 11) is 3.02. The summed E-state index contributed by atoms with van der Waals surface area (Å²) in [5.74, 6) is -0.189. The van der Waals surface area contributed by atoms with E-state index in [1.807, 2.05) is 0 Å². The van der Waals surface area contributed by atoms with E-state index in [2.05, 4.69) is 10.3 Å². The molecule has 24 heavy (non-hydrogen) atoms. The van der Waals surface area contributed by atoms with E-state index in [9.17, 15) is 9.59 Å². The Bertz CT molecular complexity index is 757. The number of carboxylic acids is 1. The molecule has 0 aliphatic rings. The molecule has 0 spiro atoms. The van der Waals surface area contributed by atoms with Gasteiger partial charge >= 0.3 is 5.97 Å². The lowest BCUT2D eigenvalue weighted by Crippen LogP contribution is -2.11. The number of aromatic nitrogens is 1. The maximum atomic E-state index is 12.3. The van der Waals surface area contributed by atoms with Crippen LogP contribution in [0.1, 0.15) is 27.3 Å². The average molecular weight is 350 g/mol.